The second kappa shape index (κ2) is 17.1. The monoisotopic (exact) mass is 662 g/mol. The van der Waals surface area contributed by atoms with Crippen LogP contribution in [0.4, 0.5) is 20.6 Å². The van der Waals surface area contributed by atoms with Crippen molar-refractivity contribution in [2.75, 3.05) is 83.5 Å². The van der Waals surface area contributed by atoms with Crippen molar-refractivity contribution in [3.05, 3.63) is 65.1 Å². The molecule has 2 aromatic rings. The summed E-state index contributed by atoms with van der Waals surface area (Å²) >= 11 is 0. The maximum atomic E-state index is 13.9. The predicted octanol–water partition coefficient (Wildman–Crippen LogP) is 1.52. The van der Waals surface area contributed by atoms with E-state index in [9.17, 15) is 22.4 Å². The van der Waals surface area contributed by atoms with Crippen molar-refractivity contribution < 1.29 is 37.2 Å². The number of quaternary nitrogens is 1. The number of nitrogens with zero attached hydrogens (tertiary/aromatic N) is 4. The predicted molar refractivity (Wildman–Crippen MR) is 175 cm³/mol. The number of benzene rings is 2. The van der Waals surface area contributed by atoms with E-state index in [4.69, 9.17) is 15.2 Å². The SMILES string of the molecule is CCCN(CCNC)c1ccc(C(=O)N=C(N)C2=C([NH2+]C(=O)OCC)CN(S(=O)(=O)c3cccc(F)c3)C2)cc1N(C)CCOC. The molecule has 3 rings (SSSR count). The van der Waals surface area contributed by atoms with E-state index < -0.39 is 27.8 Å². The Hall–Kier alpha value is -3.89. The number of primary amides is 1. The summed E-state index contributed by atoms with van der Waals surface area (Å²) in [5.74, 6) is -1.59. The number of hydrogen-bond acceptors (Lipinski definition) is 9. The Bertz CT molecular complexity index is 1550. The summed E-state index contributed by atoms with van der Waals surface area (Å²) in [6, 6.07) is 9.93. The Morgan fingerprint density at radius 2 is 1.87 bits per heavy atom. The minimum absolute atomic E-state index is 0.104. The van der Waals surface area contributed by atoms with E-state index in [-0.39, 0.29) is 47.3 Å². The molecule has 46 heavy (non-hydrogen) atoms. The molecule has 2 aromatic carbocycles. The highest BCUT2D eigenvalue weighted by atomic mass is 32.2. The highest BCUT2D eigenvalue weighted by Crippen LogP contribution is 2.31. The number of amidine groups is 1. The third kappa shape index (κ3) is 9.33. The minimum atomic E-state index is -4.18. The third-order valence-electron chi connectivity index (χ3n) is 7.34. The van der Waals surface area contributed by atoms with Gasteiger partial charge in [-0.15, -0.1) is 0 Å². The molecule has 1 heterocycles. The lowest BCUT2D eigenvalue weighted by atomic mass is 10.1. The lowest BCUT2D eigenvalue weighted by molar-refractivity contribution is -0.520. The van der Waals surface area contributed by atoms with Crippen molar-refractivity contribution in [1.82, 2.24) is 9.62 Å². The molecule has 0 bridgehead atoms. The van der Waals surface area contributed by atoms with Gasteiger partial charge >= 0.3 is 6.09 Å². The smallest absolute Gasteiger partial charge is 0.420 e. The van der Waals surface area contributed by atoms with Gasteiger partial charge in [0.05, 0.1) is 41.6 Å². The average molecular weight is 663 g/mol. The van der Waals surface area contributed by atoms with Crippen molar-refractivity contribution in [2.45, 2.75) is 25.2 Å². The van der Waals surface area contributed by atoms with Crippen LogP contribution in [0.15, 0.2) is 63.6 Å². The van der Waals surface area contributed by atoms with Gasteiger partial charge in [-0.05, 0) is 56.8 Å². The Labute approximate surface area is 270 Å². The summed E-state index contributed by atoms with van der Waals surface area (Å²) in [6.07, 6.45) is 0.229. The second-order valence-corrected chi connectivity index (χ2v) is 12.6. The van der Waals surface area contributed by atoms with Crippen molar-refractivity contribution in [3.8, 4) is 0 Å². The molecule has 0 spiro atoms. The maximum Gasteiger partial charge on any atom is 0.517 e. The number of carbonyl (C=O) groups is 2. The van der Waals surface area contributed by atoms with E-state index in [0.717, 1.165) is 59.2 Å². The van der Waals surface area contributed by atoms with E-state index in [1.165, 1.54) is 12.1 Å². The van der Waals surface area contributed by atoms with Gasteiger partial charge in [0.1, 0.15) is 17.3 Å². The maximum absolute atomic E-state index is 13.9. The number of nitrogens with two attached hydrogens (primary N) is 2. The zero-order valence-corrected chi connectivity index (χ0v) is 27.9. The van der Waals surface area contributed by atoms with Gasteiger partial charge < -0.3 is 30.3 Å². The molecule has 0 fully saturated rings. The van der Waals surface area contributed by atoms with Gasteiger partial charge in [0.15, 0.2) is 0 Å². The van der Waals surface area contributed by atoms with E-state index in [1.807, 2.05) is 25.1 Å². The van der Waals surface area contributed by atoms with Crippen LogP contribution in [0.2, 0.25) is 0 Å². The first kappa shape index (κ1) is 36.6. The fourth-order valence-electron chi connectivity index (χ4n) is 4.96. The summed E-state index contributed by atoms with van der Waals surface area (Å²) in [4.78, 5) is 34.0. The average Bonchev–Trinajstić information content (AvgIpc) is 3.46. The van der Waals surface area contributed by atoms with Crippen LogP contribution in [0.3, 0.4) is 0 Å². The van der Waals surface area contributed by atoms with E-state index >= 15 is 0 Å². The van der Waals surface area contributed by atoms with Gasteiger partial charge in [0, 0.05) is 52.4 Å². The zero-order valence-electron chi connectivity index (χ0n) is 27.1. The fraction of sp³-hybridized carbons (Fsp3) is 0.452. The van der Waals surface area contributed by atoms with Gasteiger partial charge in [-0.1, -0.05) is 13.0 Å². The molecule has 0 aliphatic carbocycles. The van der Waals surface area contributed by atoms with Gasteiger partial charge in [0.25, 0.3) is 5.91 Å². The van der Waals surface area contributed by atoms with E-state index in [0.29, 0.717) is 13.2 Å². The normalized spacial score (nSPS) is 14.1. The van der Waals surface area contributed by atoms with Gasteiger partial charge in [0.2, 0.25) is 10.0 Å². The first-order valence-corrected chi connectivity index (χ1v) is 16.5. The van der Waals surface area contributed by atoms with Crippen LogP contribution in [0, 0.1) is 5.82 Å². The summed E-state index contributed by atoms with van der Waals surface area (Å²) < 4.78 is 51.9. The highest BCUT2D eigenvalue weighted by molar-refractivity contribution is 7.89. The molecule has 1 aliphatic heterocycles. The molecule has 252 valence electrons. The Balaban J connectivity index is 1.99. The number of rotatable bonds is 16. The first-order valence-electron chi connectivity index (χ1n) is 15.1. The number of amides is 2. The van der Waals surface area contributed by atoms with Gasteiger partial charge in [-0.3, -0.25) is 4.79 Å². The molecule has 1 aliphatic rings. The van der Waals surface area contributed by atoms with Crippen LogP contribution in [0.1, 0.15) is 30.6 Å². The van der Waals surface area contributed by atoms with Crippen LogP contribution in [0.25, 0.3) is 0 Å². The molecular formula is C31H45FN7O6S+. The number of aliphatic imine (C=N–C) groups is 1. The number of hydrogen-bond donors (Lipinski definition) is 3. The lowest BCUT2D eigenvalue weighted by Crippen LogP contribution is -2.87. The Morgan fingerprint density at radius 1 is 1.11 bits per heavy atom. The quantitative estimate of drug-likeness (QED) is 0.177. The molecule has 0 aromatic heterocycles. The minimum Gasteiger partial charge on any atom is -0.420 e. The molecule has 0 saturated carbocycles. The zero-order chi connectivity index (χ0) is 33.9. The molecular weight excluding hydrogens is 617 g/mol. The van der Waals surface area contributed by atoms with Gasteiger partial charge in [-0.25, -0.2) is 18.1 Å². The number of anilines is 2. The van der Waals surface area contributed by atoms with Crippen LogP contribution >= 0.6 is 0 Å². The first-order chi connectivity index (χ1) is 22.0. The summed E-state index contributed by atoms with van der Waals surface area (Å²) in [5.41, 5.74) is 8.77. The van der Waals surface area contributed by atoms with E-state index in [1.54, 1.807) is 26.2 Å². The number of likely N-dealkylation sites (N-methyl/N-ethyl adjacent to an activating group) is 2. The van der Waals surface area contributed by atoms with E-state index in [2.05, 4.69) is 22.1 Å². The number of carbonyl (C=O) groups excluding carboxylic acids is 2. The third-order valence-corrected chi connectivity index (χ3v) is 9.13. The molecule has 0 radical (unpaired) electrons. The Morgan fingerprint density at radius 3 is 2.52 bits per heavy atom. The standard InChI is InChI=1S/C31H44FN7O6S/c1-6-14-38(15-13-34-3)27-12-11-22(18-28(27)37(4)16-17-44-5)30(40)36-29(33)25-20-39(21-26(25)35-31(41)45-7-2)46(42,43)24-10-8-9-23(32)19-24/h8-12,18-19,34H,6-7,13-17,20-21H2,1-5H3,(H,35,41)(H2,33,36,40)/p+1. The Kier molecular flexibility index (Phi) is 13.6. The largest absolute Gasteiger partial charge is 0.517 e. The lowest BCUT2D eigenvalue weighted by Gasteiger charge is -2.31. The summed E-state index contributed by atoms with van der Waals surface area (Å²) in [7, 11) is 1.26. The topological polar surface area (TPSA) is 163 Å². The molecule has 15 heteroatoms. The number of methoxy groups -OCH3 is 1. The number of ether oxygens (including phenoxy) is 2. The number of halogens is 1. The van der Waals surface area contributed by atoms with Crippen molar-refractivity contribution in [1.29, 1.82) is 0 Å². The number of sulfonamides is 1. The van der Waals surface area contributed by atoms with Crippen molar-refractivity contribution in [3.63, 3.8) is 0 Å². The summed E-state index contributed by atoms with van der Waals surface area (Å²) in [6.45, 7) is 6.72. The van der Waals surface area contributed by atoms with Crippen molar-refractivity contribution >= 4 is 39.2 Å². The number of nitrogens with one attached hydrogen (secondary N) is 1. The molecule has 0 unspecified atom stereocenters. The fourth-order valence-corrected chi connectivity index (χ4v) is 6.38. The second-order valence-electron chi connectivity index (χ2n) is 10.6. The summed E-state index contributed by atoms with van der Waals surface area (Å²) in [5, 5.41) is 4.32. The molecule has 5 N–H and O–H groups in total. The molecule has 2 amide bonds. The molecule has 0 atom stereocenters. The van der Waals surface area contributed by atoms with Crippen LogP contribution in [-0.4, -0.2) is 104 Å². The van der Waals surface area contributed by atoms with Crippen LogP contribution < -0.4 is 26.2 Å². The highest BCUT2D eigenvalue weighted by Gasteiger charge is 2.37. The molecule has 0 saturated heterocycles. The van der Waals surface area contributed by atoms with Crippen LogP contribution in [0.5, 0.6) is 0 Å². The molecule has 13 nitrogen and oxygen atoms in total. The van der Waals surface area contributed by atoms with Crippen molar-refractivity contribution in [2.24, 2.45) is 10.7 Å². The van der Waals surface area contributed by atoms with Gasteiger partial charge in [-0.2, -0.15) is 14.1 Å². The van der Waals surface area contributed by atoms with Crippen LogP contribution in [-0.2, 0) is 19.5 Å².